The molecule has 0 aliphatic carbocycles. The third kappa shape index (κ3) is 8.43. The zero-order valence-corrected chi connectivity index (χ0v) is 29.4. The quantitative estimate of drug-likeness (QED) is 0.108. The lowest BCUT2D eigenvalue weighted by Crippen LogP contribution is -2.56. The van der Waals surface area contributed by atoms with Crippen molar-refractivity contribution in [1.82, 2.24) is 15.3 Å². The molecule has 0 aromatic heterocycles. The molecule has 1 aliphatic heterocycles. The van der Waals surface area contributed by atoms with Gasteiger partial charge in [-0.3, -0.25) is 29.0 Å². The predicted octanol–water partition coefficient (Wildman–Crippen LogP) is 3.94. The molecule has 0 saturated carbocycles. The molecule has 6 amide bonds. The standard InChI is InChI=1S/C39H38N6O9/c1-25(46)33(44(30-16-10-5-11-17-30)34(49)31(40)22-32(47)48)35(50)54-45-36(51)39(2,43(38(45)53)24-27-12-6-3-7-13-27)28-20-18-26(19-21-28)23-41-37(52)42-29-14-8-4-9-15-29/h3-21,31,33H,22-24,40H2,1-2H3,(H,47,48)(H2,41,42,52)/t31-,33-,39?/m0/s1. The number of anilines is 2. The number of nitrogens with one attached hydrogen (secondary N) is 2. The molecule has 1 aliphatic rings. The molecule has 0 spiro atoms. The number of carbonyl (C=O) groups excluding carboxylic acids is 6. The number of hydrogen-bond donors (Lipinski definition) is 4. The number of carboxylic acid groups (broad SMARTS) is 1. The van der Waals surface area contributed by atoms with Crippen LogP contribution < -0.4 is 21.3 Å². The number of imide groups is 1. The van der Waals surface area contributed by atoms with Gasteiger partial charge in [-0.15, -0.1) is 0 Å². The number of nitrogens with two attached hydrogens (primary N) is 1. The number of hydrogen-bond acceptors (Lipinski definition) is 9. The highest BCUT2D eigenvalue weighted by molar-refractivity contribution is 6.15. The van der Waals surface area contributed by atoms with E-state index in [1.807, 2.05) is 6.07 Å². The van der Waals surface area contributed by atoms with E-state index in [-0.39, 0.29) is 23.8 Å². The number of rotatable bonds is 14. The topological polar surface area (TPSA) is 209 Å². The molecule has 1 unspecified atom stereocenters. The van der Waals surface area contributed by atoms with Crippen LogP contribution in [0.1, 0.15) is 37.0 Å². The van der Waals surface area contributed by atoms with E-state index in [2.05, 4.69) is 10.6 Å². The number of para-hydroxylation sites is 2. The first-order valence-corrected chi connectivity index (χ1v) is 16.8. The molecule has 5 N–H and O–H groups in total. The number of carbonyl (C=O) groups is 7. The van der Waals surface area contributed by atoms with Gasteiger partial charge in [0.2, 0.25) is 5.91 Å². The van der Waals surface area contributed by atoms with Gasteiger partial charge in [-0.05, 0) is 54.8 Å². The van der Waals surface area contributed by atoms with E-state index in [1.165, 1.54) is 36.1 Å². The first-order chi connectivity index (χ1) is 25.8. The highest BCUT2D eigenvalue weighted by Gasteiger charge is 2.58. The highest BCUT2D eigenvalue weighted by Crippen LogP contribution is 2.39. The number of urea groups is 2. The normalized spacial score (nSPS) is 16.3. The fourth-order valence-corrected chi connectivity index (χ4v) is 5.92. The fourth-order valence-electron chi connectivity index (χ4n) is 5.92. The summed E-state index contributed by atoms with van der Waals surface area (Å²) in [5.41, 5.74) is 6.44. The minimum atomic E-state index is -2.05. The van der Waals surface area contributed by atoms with Gasteiger partial charge in [-0.2, -0.15) is 0 Å². The average Bonchev–Trinajstić information content (AvgIpc) is 3.33. The summed E-state index contributed by atoms with van der Waals surface area (Å²) < 4.78 is 0. The van der Waals surface area contributed by atoms with E-state index in [9.17, 15) is 38.7 Å². The second-order valence-electron chi connectivity index (χ2n) is 12.6. The number of aliphatic carboxylic acids is 1. The molecule has 0 bridgehead atoms. The Bertz CT molecular complexity index is 2030. The van der Waals surface area contributed by atoms with Gasteiger partial charge in [0.25, 0.3) is 5.91 Å². The molecule has 4 aromatic carbocycles. The van der Waals surface area contributed by atoms with Gasteiger partial charge in [0, 0.05) is 24.5 Å². The molecular formula is C39H38N6O9. The number of ketones is 1. The van der Waals surface area contributed by atoms with Gasteiger partial charge in [0.15, 0.2) is 11.8 Å². The molecule has 4 aromatic rings. The van der Waals surface area contributed by atoms with Crippen molar-refractivity contribution in [2.24, 2.45) is 5.73 Å². The lowest BCUT2D eigenvalue weighted by Gasteiger charge is -2.32. The number of benzene rings is 4. The zero-order chi connectivity index (χ0) is 39.0. The predicted molar refractivity (Wildman–Crippen MR) is 195 cm³/mol. The van der Waals surface area contributed by atoms with E-state index >= 15 is 0 Å². The van der Waals surface area contributed by atoms with Crippen LogP contribution in [-0.2, 0) is 47.4 Å². The Labute approximate surface area is 310 Å². The minimum Gasteiger partial charge on any atom is -0.481 e. The van der Waals surface area contributed by atoms with Gasteiger partial charge < -0.3 is 26.3 Å². The molecule has 1 fully saturated rings. The molecule has 3 atom stereocenters. The van der Waals surface area contributed by atoms with E-state index in [0.29, 0.717) is 27.3 Å². The van der Waals surface area contributed by atoms with Crippen LogP contribution in [0.2, 0.25) is 0 Å². The Hall–Kier alpha value is -6.87. The van der Waals surface area contributed by atoms with Crippen molar-refractivity contribution in [3.05, 3.63) is 132 Å². The van der Waals surface area contributed by atoms with Crippen LogP contribution in [0.4, 0.5) is 21.0 Å². The molecule has 15 nitrogen and oxygen atoms in total. The Kier molecular flexibility index (Phi) is 11.8. The van der Waals surface area contributed by atoms with Gasteiger partial charge in [0.05, 0.1) is 12.5 Å². The maximum absolute atomic E-state index is 14.3. The summed E-state index contributed by atoms with van der Waals surface area (Å²) in [5, 5.41) is 15.0. The van der Waals surface area contributed by atoms with E-state index in [4.69, 9.17) is 10.6 Å². The number of nitrogens with zero attached hydrogens (tertiary/aromatic N) is 3. The summed E-state index contributed by atoms with van der Waals surface area (Å²) in [4.78, 5) is 100. The van der Waals surface area contributed by atoms with Crippen molar-refractivity contribution >= 4 is 53.0 Å². The van der Waals surface area contributed by atoms with Gasteiger partial charge >= 0.3 is 24.0 Å². The third-order valence-corrected chi connectivity index (χ3v) is 8.76. The summed E-state index contributed by atoms with van der Waals surface area (Å²) in [5.74, 6) is -5.81. The first-order valence-electron chi connectivity index (χ1n) is 16.8. The largest absolute Gasteiger partial charge is 0.481 e. The maximum atomic E-state index is 14.3. The number of Topliss-reactive ketones (excluding diaryl/α,β-unsaturated/α-hetero) is 1. The van der Waals surface area contributed by atoms with E-state index in [0.717, 1.165) is 6.92 Å². The monoisotopic (exact) mass is 734 g/mol. The summed E-state index contributed by atoms with van der Waals surface area (Å²) in [7, 11) is 0. The van der Waals surface area contributed by atoms with Crippen LogP contribution in [0, 0.1) is 0 Å². The van der Waals surface area contributed by atoms with Crippen molar-refractivity contribution in [2.45, 2.75) is 51.0 Å². The Balaban J connectivity index is 1.43. The number of hydroxylamine groups is 2. The van der Waals surface area contributed by atoms with Crippen LogP contribution >= 0.6 is 0 Å². The third-order valence-electron chi connectivity index (χ3n) is 8.76. The van der Waals surface area contributed by atoms with Crippen LogP contribution in [0.25, 0.3) is 0 Å². The Morgan fingerprint density at radius 2 is 1.41 bits per heavy atom. The SMILES string of the molecule is CC(=O)[C@@H](C(=O)ON1C(=O)N(Cc2ccccc2)C(C)(c2ccc(CNC(=O)Nc3ccccc3)cc2)C1=O)N(C(=O)[C@@H](N)CC(=O)O)c1ccccc1. The Morgan fingerprint density at radius 3 is 1.98 bits per heavy atom. The summed E-state index contributed by atoms with van der Waals surface area (Å²) in [6.45, 7) is 2.53. The lowest BCUT2D eigenvalue weighted by atomic mass is 9.89. The summed E-state index contributed by atoms with van der Waals surface area (Å²) >= 11 is 0. The fraction of sp³-hybridized carbons (Fsp3) is 0.205. The molecule has 278 valence electrons. The Morgan fingerprint density at radius 1 is 0.833 bits per heavy atom. The summed E-state index contributed by atoms with van der Waals surface area (Å²) in [6, 6.07) is 26.5. The van der Waals surface area contributed by atoms with Crippen molar-refractivity contribution in [1.29, 1.82) is 0 Å². The van der Waals surface area contributed by atoms with Crippen LogP contribution in [0.5, 0.6) is 0 Å². The van der Waals surface area contributed by atoms with E-state index < -0.39 is 65.6 Å². The molecule has 54 heavy (non-hydrogen) atoms. The molecule has 0 radical (unpaired) electrons. The highest BCUT2D eigenvalue weighted by atomic mass is 16.7. The van der Waals surface area contributed by atoms with Crippen molar-refractivity contribution in [3.8, 4) is 0 Å². The lowest BCUT2D eigenvalue weighted by molar-refractivity contribution is -0.186. The minimum absolute atomic E-state index is 0.0160. The molecular weight excluding hydrogens is 696 g/mol. The van der Waals surface area contributed by atoms with Crippen LogP contribution in [-0.4, -0.2) is 68.8 Å². The summed E-state index contributed by atoms with van der Waals surface area (Å²) in [6.07, 6.45) is -0.812. The number of amides is 6. The molecule has 1 heterocycles. The van der Waals surface area contributed by atoms with Crippen molar-refractivity contribution in [3.63, 3.8) is 0 Å². The van der Waals surface area contributed by atoms with Gasteiger partial charge in [0.1, 0.15) is 5.54 Å². The zero-order valence-electron chi connectivity index (χ0n) is 29.4. The van der Waals surface area contributed by atoms with Gasteiger partial charge in [-0.25, -0.2) is 14.4 Å². The van der Waals surface area contributed by atoms with Gasteiger partial charge in [-0.1, -0.05) is 96.1 Å². The molecule has 1 saturated heterocycles. The smallest absolute Gasteiger partial charge is 0.363 e. The second-order valence-corrected chi connectivity index (χ2v) is 12.6. The first kappa shape index (κ1) is 38.4. The molecule has 5 rings (SSSR count). The second kappa shape index (κ2) is 16.6. The average molecular weight is 735 g/mol. The number of carboxylic acids is 1. The maximum Gasteiger partial charge on any atom is 0.363 e. The van der Waals surface area contributed by atoms with Crippen molar-refractivity contribution < 1.29 is 43.5 Å². The van der Waals surface area contributed by atoms with Crippen LogP contribution in [0.3, 0.4) is 0 Å². The molecule has 15 heteroatoms. The van der Waals surface area contributed by atoms with E-state index in [1.54, 1.807) is 84.9 Å². The van der Waals surface area contributed by atoms with Crippen molar-refractivity contribution in [2.75, 3.05) is 10.2 Å². The van der Waals surface area contributed by atoms with Crippen LogP contribution in [0.15, 0.2) is 115 Å².